The fourth-order valence-corrected chi connectivity index (χ4v) is 5.09. The van der Waals surface area contributed by atoms with Crippen molar-refractivity contribution >= 4 is 10.0 Å². The van der Waals surface area contributed by atoms with E-state index in [0.29, 0.717) is 17.2 Å². The maximum atomic E-state index is 12.4. The Morgan fingerprint density at radius 1 is 1.14 bits per heavy atom. The summed E-state index contributed by atoms with van der Waals surface area (Å²) in [5.41, 5.74) is 1.06. The minimum absolute atomic E-state index is 0.128. The number of hydrogen-bond donors (Lipinski definition) is 2. The van der Waals surface area contributed by atoms with Crippen LogP contribution in [0.1, 0.15) is 37.7 Å². The molecule has 2 saturated carbocycles. The molecule has 0 saturated heterocycles. The Labute approximate surface area is 126 Å². The van der Waals surface area contributed by atoms with Crippen LogP contribution in [0.25, 0.3) is 0 Å². The third-order valence-corrected chi connectivity index (χ3v) is 6.41. The SMILES string of the molecule is O=S(=O)(NC1CC2CCC1C2)c1ccc(CCCO)cc1. The van der Waals surface area contributed by atoms with E-state index in [1.165, 1.54) is 12.8 Å². The lowest BCUT2D eigenvalue weighted by atomic mass is 9.96. The Hall–Kier alpha value is -0.910. The van der Waals surface area contributed by atoms with Gasteiger partial charge in [0.15, 0.2) is 0 Å². The van der Waals surface area contributed by atoms with Crippen molar-refractivity contribution in [1.29, 1.82) is 0 Å². The van der Waals surface area contributed by atoms with Crippen LogP contribution in [0.3, 0.4) is 0 Å². The van der Waals surface area contributed by atoms with Crippen LogP contribution in [-0.4, -0.2) is 26.2 Å². The maximum Gasteiger partial charge on any atom is 0.240 e. The summed E-state index contributed by atoms with van der Waals surface area (Å²) in [6.07, 6.45) is 6.10. The van der Waals surface area contributed by atoms with E-state index in [4.69, 9.17) is 5.11 Å². The molecule has 2 aliphatic carbocycles. The standard InChI is InChI=1S/C16H23NO3S/c18-9-1-2-12-4-7-15(8-5-12)21(19,20)17-16-11-13-3-6-14(16)10-13/h4-5,7-8,13-14,16-18H,1-3,6,9-11H2. The van der Waals surface area contributed by atoms with Crippen molar-refractivity contribution in [3.8, 4) is 0 Å². The van der Waals surface area contributed by atoms with Gasteiger partial charge in [0.25, 0.3) is 0 Å². The van der Waals surface area contributed by atoms with E-state index < -0.39 is 10.0 Å². The van der Waals surface area contributed by atoms with Crippen molar-refractivity contribution in [2.45, 2.75) is 49.5 Å². The Balaban J connectivity index is 1.67. The quantitative estimate of drug-likeness (QED) is 0.845. The minimum Gasteiger partial charge on any atom is -0.396 e. The van der Waals surface area contributed by atoms with Gasteiger partial charge in [0, 0.05) is 12.6 Å². The third-order valence-electron chi connectivity index (χ3n) is 4.90. The van der Waals surface area contributed by atoms with Crippen molar-refractivity contribution in [3.63, 3.8) is 0 Å². The second-order valence-electron chi connectivity index (χ2n) is 6.37. The largest absolute Gasteiger partial charge is 0.396 e. The average Bonchev–Trinajstić information content (AvgIpc) is 3.07. The van der Waals surface area contributed by atoms with Crippen LogP contribution in [0.4, 0.5) is 0 Å². The zero-order valence-corrected chi connectivity index (χ0v) is 13.0. The van der Waals surface area contributed by atoms with Gasteiger partial charge in [-0.1, -0.05) is 18.6 Å². The number of hydrogen-bond acceptors (Lipinski definition) is 3. The molecular formula is C16H23NO3S. The van der Waals surface area contributed by atoms with Gasteiger partial charge >= 0.3 is 0 Å². The van der Waals surface area contributed by atoms with Gasteiger partial charge in [0.2, 0.25) is 10.0 Å². The number of rotatable bonds is 6. The first-order valence-electron chi connectivity index (χ1n) is 7.80. The normalized spacial score (nSPS) is 28.1. The fraction of sp³-hybridized carbons (Fsp3) is 0.625. The summed E-state index contributed by atoms with van der Waals surface area (Å²) >= 11 is 0. The van der Waals surface area contributed by atoms with Gasteiger partial charge in [-0.2, -0.15) is 0 Å². The van der Waals surface area contributed by atoms with Crippen LogP contribution in [0, 0.1) is 11.8 Å². The lowest BCUT2D eigenvalue weighted by Gasteiger charge is -2.22. The van der Waals surface area contributed by atoms with Crippen molar-refractivity contribution in [3.05, 3.63) is 29.8 Å². The van der Waals surface area contributed by atoms with Gasteiger partial charge in [-0.05, 0) is 61.6 Å². The van der Waals surface area contributed by atoms with Crippen LogP contribution >= 0.6 is 0 Å². The highest BCUT2D eigenvalue weighted by Gasteiger charge is 2.41. The van der Waals surface area contributed by atoms with Crippen LogP contribution in [0.2, 0.25) is 0 Å². The Morgan fingerprint density at radius 2 is 1.90 bits per heavy atom. The van der Waals surface area contributed by atoms with Crippen LogP contribution in [0.15, 0.2) is 29.2 Å². The lowest BCUT2D eigenvalue weighted by molar-refractivity contribution is 0.288. The van der Waals surface area contributed by atoms with Gasteiger partial charge < -0.3 is 5.11 Å². The van der Waals surface area contributed by atoms with Crippen molar-refractivity contribution in [2.24, 2.45) is 11.8 Å². The number of benzene rings is 1. The van der Waals surface area contributed by atoms with Gasteiger partial charge in [0.1, 0.15) is 0 Å². The van der Waals surface area contributed by atoms with Crippen molar-refractivity contribution in [2.75, 3.05) is 6.61 Å². The van der Waals surface area contributed by atoms with Crippen LogP contribution in [0.5, 0.6) is 0 Å². The van der Waals surface area contributed by atoms with E-state index in [9.17, 15) is 8.42 Å². The second kappa shape index (κ2) is 6.07. The molecule has 1 aromatic carbocycles. The summed E-state index contributed by atoms with van der Waals surface area (Å²) in [6.45, 7) is 0.159. The Kier molecular flexibility index (Phi) is 4.33. The molecule has 0 aromatic heterocycles. The average molecular weight is 309 g/mol. The molecule has 0 heterocycles. The monoisotopic (exact) mass is 309 g/mol. The van der Waals surface area contributed by atoms with E-state index in [2.05, 4.69) is 4.72 Å². The van der Waals surface area contributed by atoms with Crippen molar-refractivity contribution < 1.29 is 13.5 Å². The third kappa shape index (κ3) is 3.30. The predicted molar refractivity (Wildman–Crippen MR) is 81.4 cm³/mol. The van der Waals surface area contributed by atoms with Gasteiger partial charge in [0.05, 0.1) is 4.90 Å². The molecule has 2 N–H and O–H groups in total. The molecule has 3 rings (SSSR count). The number of nitrogens with one attached hydrogen (secondary N) is 1. The smallest absolute Gasteiger partial charge is 0.240 e. The van der Waals surface area contributed by atoms with Gasteiger partial charge in [-0.15, -0.1) is 0 Å². The Bertz CT molecular complexity index is 582. The fourth-order valence-electron chi connectivity index (χ4n) is 3.77. The zero-order chi connectivity index (χ0) is 14.9. The van der Waals surface area contributed by atoms with E-state index >= 15 is 0 Å². The van der Waals surface area contributed by atoms with E-state index in [1.54, 1.807) is 12.1 Å². The van der Waals surface area contributed by atoms with E-state index in [0.717, 1.165) is 30.7 Å². The molecule has 1 aromatic rings. The summed E-state index contributed by atoms with van der Waals surface area (Å²) in [5, 5.41) is 8.82. The molecular weight excluding hydrogens is 286 g/mol. The summed E-state index contributed by atoms with van der Waals surface area (Å²) in [4.78, 5) is 0.345. The molecule has 0 amide bonds. The summed E-state index contributed by atoms with van der Waals surface area (Å²) < 4.78 is 27.8. The summed E-state index contributed by atoms with van der Waals surface area (Å²) in [6, 6.07) is 7.14. The summed E-state index contributed by atoms with van der Waals surface area (Å²) in [5.74, 6) is 1.26. The molecule has 5 heteroatoms. The van der Waals surface area contributed by atoms with Crippen molar-refractivity contribution in [1.82, 2.24) is 4.72 Å². The summed E-state index contributed by atoms with van der Waals surface area (Å²) in [7, 11) is -3.40. The number of sulfonamides is 1. The van der Waals surface area contributed by atoms with Gasteiger partial charge in [-0.3, -0.25) is 0 Å². The molecule has 2 bridgehead atoms. The minimum atomic E-state index is -3.40. The second-order valence-corrected chi connectivity index (χ2v) is 8.09. The first kappa shape index (κ1) is 15.0. The molecule has 4 nitrogen and oxygen atoms in total. The molecule has 0 spiro atoms. The number of aryl methyl sites for hydroxylation is 1. The molecule has 0 radical (unpaired) electrons. The number of aliphatic hydroxyl groups is 1. The number of aliphatic hydroxyl groups excluding tert-OH is 1. The highest BCUT2D eigenvalue weighted by molar-refractivity contribution is 7.89. The predicted octanol–water partition coefficient (Wildman–Crippen LogP) is 2.08. The maximum absolute atomic E-state index is 12.4. The first-order valence-corrected chi connectivity index (χ1v) is 9.29. The first-order chi connectivity index (χ1) is 10.1. The molecule has 0 aliphatic heterocycles. The molecule has 2 fully saturated rings. The van der Waals surface area contributed by atoms with Crippen LogP contribution < -0.4 is 4.72 Å². The van der Waals surface area contributed by atoms with Crippen LogP contribution in [-0.2, 0) is 16.4 Å². The highest BCUT2D eigenvalue weighted by atomic mass is 32.2. The zero-order valence-electron chi connectivity index (χ0n) is 12.2. The topological polar surface area (TPSA) is 66.4 Å². The molecule has 21 heavy (non-hydrogen) atoms. The molecule has 116 valence electrons. The number of fused-ring (bicyclic) bond motifs is 2. The lowest BCUT2D eigenvalue weighted by Crippen LogP contribution is -2.38. The highest BCUT2D eigenvalue weighted by Crippen LogP contribution is 2.44. The molecule has 3 unspecified atom stereocenters. The van der Waals surface area contributed by atoms with E-state index in [-0.39, 0.29) is 12.6 Å². The molecule has 3 atom stereocenters. The van der Waals surface area contributed by atoms with Gasteiger partial charge in [-0.25, -0.2) is 13.1 Å². The Morgan fingerprint density at radius 3 is 2.48 bits per heavy atom. The molecule has 2 aliphatic rings. The van der Waals surface area contributed by atoms with E-state index in [1.807, 2.05) is 12.1 Å².